The van der Waals surface area contributed by atoms with Gasteiger partial charge in [0, 0.05) is 75.5 Å². The van der Waals surface area contributed by atoms with Gasteiger partial charge in [0.2, 0.25) is 11.8 Å². The first-order valence-corrected chi connectivity index (χ1v) is 22.9. The van der Waals surface area contributed by atoms with Crippen molar-refractivity contribution >= 4 is 29.7 Å². The minimum atomic E-state index is -0.976. The molecule has 0 heterocycles. The van der Waals surface area contributed by atoms with Crippen molar-refractivity contribution in [3.63, 3.8) is 0 Å². The Kier molecular flexibility index (Phi) is 31.9. The van der Waals surface area contributed by atoms with Gasteiger partial charge in [-0.15, -0.1) is 6.58 Å². The fourth-order valence-electron chi connectivity index (χ4n) is 7.34. The van der Waals surface area contributed by atoms with E-state index in [0.29, 0.717) is 71.4 Å². The third-order valence-electron chi connectivity index (χ3n) is 11.7. The maximum Gasteiger partial charge on any atom is 0.317 e. The molecular weight excluding hydrogens is 805 g/mol. The molecule has 2 amide bonds. The van der Waals surface area contributed by atoms with E-state index in [4.69, 9.17) is 5.73 Å². The summed E-state index contributed by atoms with van der Waals surface area (Å²) in [5.74, 6) is -2.96. The summed E-state index contributed by atoms with van der Waals surface area (Å²) in [7, 11) is 1.81. The predicted octanol–water partition coefficient (Wildman–Crippen LogP) is 4.56. The van der Waals surface area contributed by atoms with Crippen molar-refractivity contribution in [1.29, 1.82) is 0 Å². The SMILES string of the molecule is C=C(C)CCCCCC(C)C(=C)NCC(=O)NCC(CN)(CNC(=C)CNC)CNC(=O)CCC(=C)C(C)C(CCCCC(=O)O)CCN(CCN(CCC)CC(=O)O)CC(=O)O. The fraction of sp³-hybridized carbons (Fsp3) is 0.723. The smallest absolute Gasteiger partial charge is 0.317 e. The van der Waals surface area contributed by atoms with Crippen molar-refractivity contribution < 1.29 is 39.3 Å². The van der Waals surface area contributed by atoms with Crippen LogP contribution >= 0.6 is 0 Å². The van der Waals surface area contributed by atoms with E-state index in [1.165, 1.54) is 5.57 Å². The summed E-state index contributed by atoms with van der Waals surface area (Å²) in [6, 6.07) is 0. The third-order valence-corrected chi connectivity index (χ3v) is 11.7. The standard InChI is InChI=1S/C47H86N8O8/c1-10-23-54(29-45(60)61)25-26-55(30-46(62)63)24-22-41(18-14-15-19-44(58)59)39(7)36(4)20-21-42(56)52-33-47(31-48,32-51-38(6)27-49-9)34-53-43(57)28-50-40(8)37(5)17-13-11-12-16-35(2)3/h37,39,41,49-51H,2,4,6,8,10-34,48H2,1,3,5,7,9H3,(H,52,56)(H,53,57)(H,58,59)(H,60,61)(H,62,63). The lowest BCUT2D eigenvalue weighted by atomic mass is 9.80. The van der Waals surface area contributed by atoms with Gasteiger partial charge in [0.15, 0.2) is 0 Å². The van der Waals surface area contributed by atoms with Gasteiger partial charge in [-0.3, -0.25) is 33.8 Å². The largest absolute Gasteiger partial charge is 0.481 e. The zero-order chi connectivity index (χ0) is 47.8. The quantitative estimate of drug-likeness (QED) is 0.0302. The van der Waals surface area contributed by atoms with Gasteiger partial charge in [0.1, 0.15) is 0 Å². The average Bonchev–Trinajstić information content (AvgIpc) is 3.22. The molecule has 0 aliphatic carbocycles. The second kappa shape index (κ2) is 34.2. The highest BCUT2D eigenvalue weighted by Crippen LogP contribution is 2.30. The molecule has 63 heavy (non-hydrogen) atoms. The maximum absolute atomic E-state index is 13.4. The van der Waals surface area contributed by atoms with Crippen LogP contribution in [0.1, 0.15) is 111 Å². The molecule has 0 aliphatic heterocycles. The molecule has 16 heteroatoms. The Labute approximate surface area is 379 Å². The molecule has 4 unspecified atom stereocenters. The summed E-state index contributed by atoms with van der Waals surface area (Å²) in [5.41, 5.74) is 9.25. The first kappa shape index (κ1) is 58.8. The van der Waals surface area contributed by atoms with Crippen LogP contribution in [0.3, 0.4) is 0 Å². The second-order valence-corrected chi connectivity index (χ2v) is 17.6. The number of rotatable bonds is 42. The summed E-state index contributed by atoms with van der Waals surface area (Å²) in [6.45, 7) is 27.7. The van der Waals surface area contributed by atoms with Gasteiger partial charge >= 0.3 is 17.9 Å². The van der Waals surface area contributed by atoms with Crippen LogP contribution in [-0.2, 0) is 24.0 Å². The molecule has 16 nitrogen and oxygen atoms in total. The number of carboxylic acids is 3. The third kappa shape index (κ3) is 29.7. The summed E-state index contributed by atoms with van der Waals surface area (Å²) in [4.78, 5) is 64.4. The zero-order valence-electron chi connectivity index (χ0n) is 39.6. The molecule has 0 radical (unpaired) electrons. The first-order chi connectivity index (χ1) is 29.8. The van der Waals surface area contributed by atoms with Crippen LogP contribution in [-0.4, -0.2) is 140 Å². The van der Waals surface area contributed by atoms with Crippen LogP contribution in [0.5, 0.6) is 0 Å². The highest BCUT2D eigenvalue weighted by Gasteiger charge is 2.31. The predicted molar refractivity (Wildman–Crippen MR) is 253 cm³/mol. The number of hydrogen-bond acceptors (Lipinski definition) is 11. The minimum Gasteiger partial charge on any atom is -0.481 e. The van der Waals surface area contributed by atoms with Crippen LogP contribution in [0.2, 0.25) is 0 Å². The van der Waals surface area contributed by atoms with Gasteiger partial charge in [0.25, 0.3) is 0 Å². The summed E-state index contributed by atoms with van der Waals surface area (Å²) < 4.78 is 0. The highest BCUT2D eigenvalue weighted by molar-refractivity contribution is 5.78. The number of allylic oxidation sites excluding steroid dienone is 3. The van der Waals surface area contributed by atoms with Crippen LogP contribution in [0.25, 0.3) is 0 Å². The average molecular weight is 891 g/mol. The number of aliphatic carboxylic acids is 3. The molecule has 10 N–H and O–H groups in total. The molecule has 4 atom stereocenters. The van der Waals surface area contributed by atoms with Crippen LogP contribution in [0.4, 0.5) is 0 Å². The monoisotopic (exact) mass is 891 g/mol. The van der Waals surface area contributed by atoms with Crippen LogP contribution in [0.15, 0.2) is 48.9 Å². The van der Waals surface area contributed by atoms with E-state index in [9.17, 15) is 39.3 Å². The van der Waals surface area contributed by atoms with Gasteiger partial charge < -0.3 is 47.6 Å². The van der Waals surface area contributed by atoms with E-state index in [2.05, 4.69) is 59.8 Å². The first-order valence-electron chi connectivity index (χ1n) is 22.9. The molecule has 0 rings (SSSR count). The summed E-state index contributed by atoms with van der Waals surface area (Å²) in [6.07, 6.45) is 9.25. The Hall–Kier alpha value is -4.25. The Morgan fingerprint density at radius 3 is 1.78 bits per heavy atom. The van der Waals surface area contributed by atoms with Gasteiger partial charge in [-0.1, -0.05) is 70.9 Å². The number of unbranched alkanes of at least 4 members (excludes halogenated alkanes) is 3. The highest BCUT2D eigenvalue weighted by atomic mass is 16.4. The molecule has 0 fully saturated rings. The molecule has 0 spiro atoms. The lowest BCUT2D eigenvalue weighted by Gasteiger charge is -2.34. The van der Waals surface area contributed by atoms with Crippen molar-refractivity contribution in [3.05, 3.63) is 48.9 Å². The molecule has 0 aliphatic rings. The van der Waals surface area contributed by atoms with Crippen molar-refractivity contribution in [2.75, 3.05) is 85.6 Å². The summed E-state index contributed by atoms with van der Waals surface area (Å²) in [5, 5.41) is 43.8. The summed E-state index contributed by atoms with van der Waals surface area (Å²) >= 11 is 0. The number of carbonyl (C=O) groups excluding carboxylic acids is 2. The second-order valence-electron chi connectivity index (χ2n) is 17.6. The zero-order valence-corrected chi connectivity index (χ0v) is 39.6. The van der Waals surface area contributed by atoms with E-state index >= 15 is 0 Å². The van der Waals surface area contributed by atoms with E-state index in [0.717, 1.165) is 55.5 Å². The van der Waals surface area contributed by atoms with Crippen molar-refractivity contribution in [2.24, 2.45) is 28.9 Å². The molecule has 0 saturated carbocycles. The normalized spacial score (nSPS) is 13.7. The molecular formula is C47H86N8O8. The fourth-order valence-corrected chi connectivity index (χ4v) is 7.34. The Morgan fingerprint density at radius 1 is 0.651 bits per heavy atom. The van der Waals surface area contributed by atoms with Crippen molar-refractivity contribution in [1.82, 2.24) is 36.4 Å². The van der Waals surface area contributed by atoms with E-state index in [-0.39, 0.29) is 81.7 Å². The number of carboxylic acid groups (broad SMARTS) is 3. The van der Waals surface area contributed by atoms with Gasteiger partial charge in [-0.2, -0.15) is 0 Å². The number of nitrogens with zero attached hydrogens (tertiary/aromatic N) is 2. The van der Waals surface area contributed by atoms with E-state index in [1.807, 2.05) is 32.7 Å². The van der Waals surface area contributed by atoms with Gasteiger partial charge in [0.05, 0.1) is 19.6 Å². The Bertz CT molecular complexity index is 1440. The minimum absolute atomic E-state index is 0.0435. The van der Waals surface area contributed by atoms with Gasteiger partial charge in [-0.25, -0.2) is 0 Å². The topological polar surface area (TPSA) is 239 Å². The van der Waals surface area contributed by atoms with Crippen molar-refractivity contribution in [3.8, 4) is 0 Å². The molecule has 0 aromatic carbocycles. The Balaban J connectivity index is 5.61. The lowest BCUT2D eigenvalue weighted by Crippen LogP contribution is -2.55. The molecule has 362 valence electrons. The maximum atomic E-state index is 13.4. The van der Waals surface area contributed by atoms with E-state index < -0.39 is 23.3 Å². The molecule has 0 saturated heterocycles. The molecule has 0 bridgehead atoms. The number of nitrogens with one attached hydrogen (secondary N) is 5. The van der Waals surface area contributed by atoms with E-state index in [1.54, 1.807) is 4.90 Å². The number of carbonyl (C=O) groups is 5. The number of likely N-dealkylation sites (N-methyl/N-ethyl adjacent to an activating group) is 1. The number of amides is 2. The van der Waals surface area contributed by atoms with Crippen LogP contribution in [0, 0.1) is 23.2 Å². The molecule has 0 aromatic rings. The lowest BCUT2D eigenvalue weighted by molar-refractivity contribution is -0.140. The number of nitrogens with two attached hydrogens (primary N) is 1. The van der Waals surface area contributed by atoms with Crippen LogP contribution < -0.4 is 32.3 Å². The number of hydrogen-bond donors (Lipinski definition) is 9. The Morgan fingerprint density at radius 2 is 1.22 bits per heavy atom. The van der Waals surface area contributed by atoms with Crippen molar-refractivity contribution in [2.45, 2.75) is 111 Å². The van der Waals surface area contributed by atoms with Gasteiger partial charge in [-0.05, 0) is 96.2 Å². The molecule has 0 aromatic heterocycles.